The fourth-order valence-electron chi connectivity index (χ4n) is 2.12. The number of hydrogen-bond acceptors (Lipinski definition) is 3. The van der Waals surface area contributed by atoms with Crippen molar-refractivity contribution in [1.29, 1.82) is 0 Å². The van der Waals surface area contributed by atoms with E-state index < -0.39 is 17.0 Å². The Hall–Kier alpha value is -2.34. The fraction of sp³-hybridized carbons (Fsp3) is 0.235. The van der Waals surface area contributed by atoms with E-state index in [-0.39, 0.29) is 17.2 Å². The molecule has 5 nitrogen and oxygen atoms in total. The van der Waals surface area contributed by atoms with Crippen molar-refractivity contribution >= 4 is 22.6 Å². The van der Waals surface area contributed by atoms with Crippen LogP contribution >= 0.6 is 0 Å². The van der Waals surface area contributed by atoms with Crippen LogP contribution in [0, 0.1) is 5.92 Å². The Morgan fingerprint density at radius 1 is 1.17 bits per heavy atom. The fourth-order valence-corrected chi connectivity index (χ4v) is 3.50. The molecular weight excluding hydrogens is 314 g/mol. The molecule has 2 N–H and O–H groups in total. The number of carbonyl (C=O) groups is 1. The van der Waals surface area contributed by atoms with Gasteiger partial charge in [0.15, 0.2) is 11.0 Å². The second-order valence-corrected chi connectivity index (χ2v) is 6.93. The van der Waals surface area contributed by atoms with Crippen LogP contribution in [0.25, 0.3) is 0 Å². The monoisotopic (exact) mass is 333 g/mol. The minimum Gasteiger partial charge on any atom is -0.507 e. The lowest BCUT2D eigenvalue weighted by Crippen LogP contribution is -2.30. The lowest BCUT2D eigenvalue weighted by Gasteiger charge is -2.25. The molecule has 2 aromatic carbocycles. The molecule has 0 aliphatic carbocycles. The van der Waals surface area contributed by atoms with Gasteiger partial charge in [-0.1, -0.05) is 32.0 Å². The van der Waals surface area contributed by atoms with Gasteiger partial charge < -0.3 is 10.2 Å². The third-order valence-electron chi connectivity index (χ3n) is 3.17. The van der Waals surface area contributed by atoms with E-state index in [9.17, 15) is 14.1 Å². The highest BCUT2D eigenvalue weighted by molar-refractivity contribution is 7.86. The SMILES string of the molecule is CC(C)CN(c1ccc(O)c(C(=O)O)c1)S(=O)c1ccccc1. The molecule has 0 radical (unpaired) electrons. The quantitative estimate of drug-likeness (QED) is 0.850. The summed E-state index contributed by atoms with van der Waals surface area (Å²) in [4.78, 5) is 11.8. The van der Waals surface area contributed by atoms with Gasteiger partial charge in [-0.05, 0) is 36.2 Å². The number of hydrogen-bond donors (Lipinski definition) is 2. The summed E-state index contributed by atoms with van der Waals surface area (Å²) >= 11 is 0. The van der Waals surface area contributed by atoms with E-state index >= 15 is 0 Å². The molecule has 0 spiro atoms. The molecule has 2 aromatic rings. The van der Waals surface area contributed by atoms with Gasteiger partial charge in [0, 0.05) is 6.54 Å². The van der Waals surface area contributed by atoms with E-state index in [4.69, 9.17) is 5.11 Å². The van der Waals surface area contributed by atoms with Crippen LogP contribution in [0.3, 0.4) is 0 Å². The Morgan fingerprint density at radius 3 is 2.39 bits per heavy atom. The van der Waals surface area contributed by atoms with Crippen molar-refractivity contribution in [3.05, 3.63) is 54.1 Å². The lowest BCUT2D eigenvalue weighted by molar-refractivity contribution is 0.0694. The number of nitrogens with zero attached hydrogens (tertiary/aromatic N) is 1. The Morgan fingerprint density at radius 2 is 1.83 bits per heavy atom. The molecule has 122 valence electrons. The normalized spacial score (nSPS) is 12.1. The van der Waals surface area contributed by atoms with Crippen LogP contribution < -0.4 is 4.31 Å². The first-order valence-electron chi connectivity index (χ1n) is 7.21. The van der Waals surface area contributed by atoms with E-state index in [1.807, 2.05) is 19.9 Å². The molecule has 0 heterocycles. The summed E-state index contributed by atoms with van der Waals surface area (Å²) in [6.45, 7) is 4.48. The lowest BCUT2D eigenvalue weighted by atomic mass is 10.1. The number of phenols is 1. The zero-order chi connectivity index (χ0) is 17.0. The summed E-state index contributed by atoms with van der Waals surface area (Å²) in [6, 6.07) is 13.2. The van der Waals surface area contributed by atoms with Crippen molar-refractivity contribution in [1.82, 2.24) is 0 Å². The van der Waals surface area contributed by atoms with Crippen LogP contribution in [0.1, 0.15) is 24.2 Å². The molecule has 0 saturated heterocycles. The summed E-state index contributed by atoms with van der Waals surface area (Å²) in [5.41, 5.74) is 0.289. The minimum atomic E-state index is -1.46. The van der Waals surface area contributed by atoms with Crippen LogP contribution in [-0.4, -0.2) is 26.9 Å². The number of benzene rings is 2. The third-order valence-corrected chi connectivity index (χ3v) is 4.61. The van der Waals surface area contributed by atoms with Gasteiger partial charge in [0.1, 0.15) is 11.3 Å². The molecule has 0 aliphatic heterocycles. The summed E-state index contributed by atoms with van der Waals surface area (Å²) in [7, 11) is -1.46. The first-order valence-corrected chi connectivity index (χ1v) is 8.31. The van der Waals surface area contributed by atoms with Crippen LogP contribution in [0.2, 0.25) is 0 Å². The molecule has 1 unspecified atom stereocenters. The predicted molar refractivity (Wildman–Crippen MR) is 90.1 cm³/mol. The van der Waals surface area contributed by atoms with Gasteiger partial charge in [0.2, 0.25) is 0 Å². The van der Waals surface area contributed by atoms with Gasteiger partial charge >= 0.3 is 5.97 Å². The van der Waals surface area contributed by atoms with E-state index in [1.54, 1.807) is 34.6 Å². The summed E-state index contributed by atoms with van der Waals surface area (Å²) in [5, 5.41) is 18.8. The summed E-state index contributed by atoms with van der Waals surface area (Å²) in [6.07, 6.45) is 0. The van der Waals surface area contributed by atoms with Crippen molar-refractivity contribution < 1.29 is 19.2 Å². The van der Waals surface area contributed by atoms with E-state index in [0.717, 1.165) is 0 Å². The first kappa shape index (κ1) is 17.0. The van der Waals surface area contributed by atoms with Gasteiger partial charge in [-0.3, -0.25) is 4.31 Å². The van der Waals surface area contributed by atoms with Crippen molar-refractivity contribution in [3.63, 3.8) is 0 Å². The van der Waals surface area contributed by atoms with Crippen molar-refractivity contribution in [2.24, 2.45) is 5.92 Å². The Kier molecular flexibility index (Phi) is 5.39. The molecule has 23 heavy (non-hydrogen) atoms. The average molecular weight is 333 g/mol. The smallest absolute Gasteiger partial charge is 0.339 e. The van der Waals surface area contributed by atoms with Crippen molar-refractivity contribution in [3.8, 4) is 5.75 Å². The van der Waals surface area contributed by atoms with Gasteiger partial charge in [-0.2, -0.15) is 0 Å². The molecule has 0 amide bonds. The van der Waals surface area contributed by atoms with Gasteiger partial charge in [0.05, 0.1) is 10.6 Å². The average Bonchev–Trinajstić information content (AvgIpc) is 2.53. The maximum atomic E-state index is 12.9. The standard InChI is InChI=1S/C17H19NO4S/c1-12(2)11-18(23(22)14-6-4-3-5-7-14)13-8-9-16(19)15(10-13)17(20)21/h3-10,12,19H,11H2,1-2H3,(H,20,21). The first-order chi connectivity index (χ1) is 10.9. The predicted octanol–water partition coefficient (Wildman–Crippen LogP) is 3.28. The second-order valence-electron chi connectivity index (χ2n) is 5.52. The molecule has 0 bridgehead atoms. The van der Waals surface area contributed by atoms with Crippen LogP contribution in [0.15, 0.2) is 53.4 Å². The molecule has 0 saturated carbocycles. The molecule has 2 rings (SSSR count). The van der Waals surface area contributed by atoms with E-state index in [0.29, 0.717) is 17.1 Å². The van der Waals surface area contributed by atoms with Gasteiger partial charge in [-0.15, -0.1) is 0 Å². The molecule has 0 aromatic heterocycles. The number of carboxylic acid groups (broad SMARTS) is 1. The highest BCUT2D eigenvalue weighted by atomic mass is 32.2. The number of rotatable bonds is 6. The molecule has 0 aliphatic rings. The van der Waals surface area contributed by atoms with Gasteiger partial charge in [0.25, 0.3) is 0 Å². The third kappa shape index (κ3) is 4.10. The van der Waals surface area contributed by atoms with Crippen molar-refractivity contribution in [2.45, 2.75) is 18.7 Å². The molecule has 6 heteroatoms. The maximum absolute atomic E-state index is 12.9. The second kappa shape index (κ2) is 7.28. The zero-order valence-corrected chi connectivity index (χ0v) is 13.8. The van der Waals surface area contributed by atoms with Crippen LogP contribution in [0.4, 0.5) is 5.69 Å². The summed E-state index contributed by atoms with van der Waals surface area (Å²) in [5.74, 6) is -1.31. The molecule has 0 fully saturated rings. The highest BCUT2D eigenvalue weighted by Gasteiger charge is 2.20. The molecular formula is C17H19NO4S. The van der Waals surface area contributed by atoms with Crippen LogP contribution in [0.5, 0.6) is 5.75 Å². The Balaban J connectivity index is 2.45. The maximum Gasteiger partial charge on any atom is 0.339 e. The Bertz CT molecular complexity index is 716. The minimum absolute atomic E-state index is 0.207. The van der Waals surface area contributed by atoms with Gasteiger partial charge in [-0.25, -0.2) is 9.00 Å². The largest absolute Gasteiger partial charge is 0.507 e. The number of anilines is 1. The number of aromatic hydroxyl groups is 1. The number of aromatic carboxylic acids is 1. The summed E-state index contributed by atoms with van der Waals surface area (Å²) < 4.78 is 14.5. The number of carboxylic acids is 1. The van der Waals surface area contributed by atoms with E-state index in [1.165, 1.54) is 12.1 Å². The molecule has 1 atom stereocenters. The topological polar surface area (TPSA) is 77.8 Å². The highest BCUT2D eigenvalue weighted by Crippen LogP contribution is 2.27. The van der Waals surface area contributed by atoms with Crippen LogP contribution in [-0.2, 0) is 11.0 Å². The van der Waals surface area contributed by atoms with Crippen molar-refractivity contribution in [2.75, 3.05) is 10.8 Å². The zero-order valence-electron chi connectivity index (χ0n) is 13.0. The Labute approximate surface area is 137 Å². The van der Waals surface area contributed by atoms with E-state index in [2.05, 4.69) is 0 Å².